The third-order valence-corrected chi connectivity index (χ3v) is 7.36. The molecule has 0 saturated heterocycles. The predicted molar refractivity (Wildman–Crippen MR) is 155 cm³/mol. The van der Waals surface area contributed by atoms with Crippen LogP contribution in [0.4, 0.5) is 5.69 Å². The number of anilines is 1. The van der Waals surface area contributed by atoms with Crippen LogP contribution in [0.25, 0.3) is 6.08 Å². The predicted octanol–water partition coefficient (Wildman–Crippen LogP) is 6.88. The molecule has 0 aromatic heterocycles. The minimum absolute atomic E-state index is 0.0965. The molecule has 1 saturated carbocycles. The fraction of sp³-hybridized carbons (Fsp3) is 0.303. The largest absolute Gasteiger partial charge is 0.452 e. The molecule has 2 atom stereocenters. The summed E-state index contributed by atoms with van der Waals surface area (Å²) in [6, 6.07) is 27.3. The summed E-state index contributed by atoms with van der Waals surface area (Å²) in [4.78, 5) is 26.6. The molecule has 0 spiro atoms. The molecular weight excluding hydrogens is 486 g/mol. The lowest BCUT2D eigenvalue weighted by Gasteiger charge is -2.29. The summed E-state index contributed by atoms with van der Waals surface area (Å²) in [6.07, 6.45) is 7.14. The maximum Gasteiger partial charge on any atom is 0.340 e. The number of nitrogens with one attached hydrogen (secondary N) is 1. The van der Waals surface area contributed by atoms with Gasteiger partial charge in [-0.3, -0.25) is 4.79 Å². The Balaban J connectivity index is 1.37. The highest BCUT2D eigenvalue weighted by Gasteiger charge is 2.43. The number of carbonyl (C=O) groups is 2. The molecule has 3 aromatic rings. The number of benzene rings is 3. The van der Waals surface area contributed by atoms with Crippen LogP contribution in [0.1, 0.15) is 66.6 Å². The summed E-state index contributed by atoms with van der Waals surface area (Å²) in [5, 5.41) is 9.75. The van der Waals surface area contributed by atoms with Gasteiger partial charge in [-0.15, -0.1) is 0 Å². The molecule has 1 N–H and O–H groups in total. The van der Waals surface area contributed by atoms with Crippen LogP contribution in [-0.4, -0.2) is 35.7 Å². The molecule has 0 bridgehead atoms. The summed E-state index contributed by atoms with van der Waals surface area (Å²) in [5.41, 5.74) is 5.43. The van der Waals surface area contributed by atoms with Crippen molar-refractivity contribution in [2.75, 3.05) is 18.5 Å². The Morgan fingerprint density at radius 3 is 2.49 bits per heavy atom. The van der Waals surface area contributed by atoms with Crippen molar-refractivity contribution in [3.05, 3.63) is 107 Å². The topological polar surface area (TPSA) is 71.0 Å². The van der Waals surface area contributed by atoms with E-state index in [0.29, 0.717) is 11.3 Å². The first kappa shape index (κ1) is 26.4. The van der Waals surface area contributed by atoms with Gasteiger partial charge in [0.2, 0.25) is 0 Å². The SMILES string of the molecule is CCCCNc1ccccc1C(=O)OCC(=O)N1N=C2/C(=C\c3ccccc3)CCC[C@@H]2[C@H]1c1ccccc1. The van der Waals surface area contributed by atoms with Gasteiger partial charge < -0.3 is 10.1 Å². The average Bonchev–Trinajstić information content (AvgIpc) is 3.38. The maximum absolute atomic E-state index is 13.6. The van der Waals surface area contributed by atoms with Crippen molar-refractivity contribution in [3.8, 4) is 0 Å². The van der Waals surface area contributed by atoms with Gasteiger partial charge in [-0.1, -0.05) is 86.1 Å². The quantitative estimate of drug-likeness (QED) is 0.246. The van der Waals surface area contributed by atoms with Crippen LogP contribution in [0, 0.1) is 5.92 Å². The van der Waals surface area contributed by atoms with Gasteiger partial charge in [0, 0.05) is 18.2 Å². The smallest absolute Gasteiger partial charge is 0.340 e. The van der Waals surface area contributed by atoms with E-state index in [1.807, 2.05) is 60.7 Å². The molecule has 1 amide bonds. The number of allylic oxidation sites excluding steroid dienone is 1. The molecule has 39 heavy (non-hydrogen) atoms. The van der Waals surface area contributed by atoms with Crippen LogP contribution in [-0.2, 0) is 9.53 Å². The number of amides is 1. The monoisotopic (exact) mass is 521 g/mol. The number of nitrogens with zero attached hydrogens (tertiary/aromatic N) is 2. The molecule has 6 heteroatoms. The number of ether oxygens (including phenoxy) is 1. The zero-order valence-electron chi connectivity index (χ0n) is 22.4. The van der Waals surface area contributed by atoms with E-state index in [2.05, 4.69) is 30.4 Å². The number of unbranched alkanes of at least 4 members (excludes halogenated alkanes) is 1. The van der Waals surface area contributed by atoms with Gasteiger partial charge in [0.15, 0.2) is 6.61 Å². The lowest BCUT2D eigenvalue weighted by molar-refractivity contribution is -0.137. The molecule has 6 nitrogen and oxygen atoms in total. The minimum Gasteiger partial charge on any atom is -0.452 e. The summed E-state index contributed by atoms with van der Waals surface area (Å²) < 4.78 is 5.56. The summed E-state index contributed by atoms with van der Waals surface area (Å²) >= 11 is 0. The number of hydrogen-bond acceptors (Lipinski definition) is 5. The van der Waals surface area contributed by atoms with Gasteiger partial charge >= 0.3 is 5.97 Å². The first-order valence-electron chi connectivity index (χ1n) is 13.9. The number of esters is 1. The molecule has 1 aliphatic carbocycles. The number of carbonyl (C=O) groups excluding carboxylic acids is 2. The number of hydrogen-bond donors (Lipinski definition) is 1. The van der Waals surface area contributed by atoms with E-state index in [9.17, 15) is 9.59 Å². The van der Waals surface area contributed by atoms with E-state index < -0.39 is 5.97 Å². The van der Waals surface area contributed by atoms with Crippen molar-refractivity contribution in [3.63, 3.8) is 0 Å². The molecule has 0 radical (unpaired) electrons. The fourth-order valence-corrected chi connectivity index (χ4v) is 5.43. The molecule has 0 unspecified atom stereocenters. The van der Waals surface area contributed by atoms with E-state index in [1.54, 1.807) is 17.1 Å². The van der Waals surface area contributed by atoms with E-state index in [-0.39, 0.29) is 24.5 Å². The van der Waals surface area contributed by atoms with E-state index >= 15 is 0 Å². The van der Waals surface area contributed by atoms with Crippen molar-refractivity contribution in [2.24, 2.45) is 11.0 Å². The van der Waals surface area contributed by atoms with Crippen LogP contribution in [0.3, 0.4) is 0 Å². The Labute approximate surface area is 230 Å². The van der Waals surface area contributed by atoms with Crippen LogP contribution >= 0.6 is 0 Å². The average molecular weight is 522 g/mol. The van der Waals surface area contributed by atoms with E-state index in [4.69, 9.17) is 9.84 Å². The Bertz CT molecular complexity index is 1350. The molecule has 200 valence electrons. The second-order valence-electron chi connectivity index (χ2n) is 10.1. The minimum atomic E-state index is -0.520. The highest BCUT2D eigenvalue weighted by molar-refractivity contribution is 6.08. The number of rotatable bonds is 9. The molecule has 1 aliphatic heterocycles. The first-order valence-corrected chi connectivity index (χ1v) is 13.9. The van der Waals surface area contributed by atoms with E-state index in [1.165, 1.54) is 0 Å². The van der Waals surface area contributed by atoms with Crippen molar-refractivity contribution < 1.29 is 14.3 Å². The maximum atomic E-state index is 13.6. The highest BCUT2D eigenvalue weighted by Crippen LogP contribution is 2.44. The third-order valence-electron chi connectivity index (χ3n) is 7.36. The lowest BCUT2D eigenvalue weighted by atomic mass is 9.77. The summed E-state index contributed by atoms with van der Waals surface area (Å²) in [7, 11) is 0. The molecule has 5 rings (SSSR count). The van der Waals surface area contributed by atoms with Gasteiger partial charge in [0.1, 0.15) is 0 Å². The Morgan fingerprint density at radius 1 is 1.00 bits per heavy atom. The molecular formula is C33H35N3O3. The van der Waals surface area contributed by atoms with Crippen LogP contribution in [0.2, 0.25) is 0 Å². The lowest BCUT2D eigenvalue weighted by Crippen LogP contribution is -2.34. The van der Waals surface area contributed by atoms with Gasteiger partial charge in [-0.2, -0.15) is 5.10 Å². The Morgan fingerprint density at radius 2 is 1.72 bits per heavy atom. The fourth-order valence-electron chi connectivity index (χ4n) is 5.43. The number of para-hydroxylation sites is 1. The molecule has 2 aliphatic rings. The number of hydrazone groups is 1. The molecule has 1 heterocycles. The van der Waals surface area contributed by atoms with Crippen LogP contribution in [0.5, 0.6) is 0 Å². The Kier molecular flexibility index (Phi) is 8.51. The standard InChI is InChI=1S/C33H35N3O3/c1-2-3-21-34-29-20-11-10-18-27(29)33(38)39-23-30(37)36-32(25-15-8-5-9-16-25)28-19-12-17-26(31(28)35-36)22-24-13-6-4-7-14-24/h4-11,13-16,18,20,22,28,32,34H,2-3,12,17,19,21,23H2,1H3/b26-22-/t28-,32+/m0/s1. The van der Waals surface area contributed by atoms with Crippen LogP contribution in [0.15, 0.2) is 95.6 Å². The van der Waals surface area contributed by atoms with Crippen molar-refractivity contribution >= 4 is 29.4 Å². The summed E-state index contributed by atoms with van der Waals surface area (Å²) in [5.74, 6) is -0.748. The molecule has 3 aromatic carbocycles. The normalized spacial score (nSPS) is 19.4. The van der Waals surface area contributed by atoms with Crippen molar-refractivity contribution in [2.45, 2.75) is 45.1 Å². The van der Waals surface area contributed by atoms with Gasteiger partial charge in [-0.05, 0) is 60.6 Å². The highest BCUT2D eigenvalue weighted by atomic mass is 16.5. The zero-order chi connectivity index (χ0) is 27.0. The van der Waals surface area contributed by atoms with Gasteiger partial charge in [0.05, 0.1) is 17.3 Å². The van der Waals surface area contributed by atoms with Crippen molar-refractivity contribution in [1.82, 2.24) is 5.01 Å². The van der Waals surface area contributed by atoms with Crippen molar-refractivity contribution in [1.29, 1.82) is 0 Å². The number of fused-ring (bicyclic) bond motifs is 1. The second kappa shape index (κ2) is 12.6. The van der Waals surface area contributed by atoms with Crippen LogP contribution < -0.4 is 5.32 Å². The van der Waals surface area contributed by atoms with Gasteiger partial charge in [-0.25, -0.2) is 9.80 Å². The molecule has 1 fully saturated rings. The zero-order valence-corrected chi connectivity index (χ0v) is 22.4. The summed E-state index contributed by atoms with van der Waals surface area (Å²) in [6.45, 7) is 2.52. The third kappa shape index (κ3) is 6.11. The van der Waals surface area contributed by atoms with Gasteiger partial charge in [0.25, 0.3) is 5.91 Å². The second-order valence-corrected chi connectivity index (χ2v) is 10.1. The van der Waals surface area contributed by atoms with E-state index in [0.717, 1.165) is 61.1 Å². The Hall–Kier alpha value is -4.19. The first-order chi connectivity index (χ1) is 19.2.